The van der Waals surface area contributed by atoms with Crippen LogP contribution < -0.4 is 0 Å². The third kappa shape index (κ3) is 5.80. The van der Waals surface area contributed by atoms with Crippen LogP contribution in [0.2, 0.25) is 0 Å². The molecule has 0 aliphatic rings. The largest absolute Gasteiger partial charge is 0.300 e. The van der Waals surface area contributed by atoms with E-state index in [0.717, 1.165) is 6.42 Å². The molecule has 0 aromatic carbocycles. The standard InChI is InChI=1S/C10H20O.Al.3H/c1-7(2)10(8(3)4)6-9(5)11;;;;/h7-8,10H,6H2,1-5H3;;;;. The van der Waals surface area contributed by atoms with E-state index < -0.39 is 0 Å². The van der Waals surface area contributed by atoms with Gasteiger partial charge in [0.25, 0.3) is 0 Å². The zero-order chi connectivity index (χ0) is 9.02. The summed E-state index contributed by atoms with van der Waals surface area (Å²) in [4.78, 5) is 10.9. The van der Waals surface area contributed by atoms with Crippen molar-refractivity contribution in [1.82, 2.24) is 0 Å². The van der Waals surface area contributed by atoms with E-state index in [-0.39, 0.29) is 17.4 Å². The molecule has 0 spiro atoms. The van der Waals surface area contributed by atoms with Crippen molar-refractivity contribution in [2.24, 2.45) is 17.8 Å². The summed E-state index contributed by atoms with van der Waals surface area (Å²) in [6, 6.07) is 0. The van der Waals surface area contributed by atoms with Crippen molar-refractivity contribution in [2.75, 3.05) is 0 Å². The second kappa shape index (κ2) is 6.69. The van der Waals surface area contributed by atoms with Crippen LogP contribution in [0.1, 0.15) is 41.0 Å². The molecule has 0 aromatic rings. The summed E-state index contributed by atoms with van der Waals surface area (Å²) in [6.07, 6.45) is 0.745. The number of hydrogen-bond acceptors (Lipinski definition) is 1. The molecule has 12 heavy (non-hydrogen) atoms. The zero-order valence-electron chi connectivity index (χ0n) is 8.35. The molecule has 72 valence electrons. The van der Waals surface area contributed by atoms with Crippen molar-refractivity contribution in [3.8, 4) is 0 Å². The van der Waals surface area contributed by atoms with Gasteiger partial charge in [0.1, 0.15) is 5.78 Å². The Hall–Kier alpha value is 0.202. The van der Waals surface area contributed by atoms with Crippen LogP contribution in [0.4, 0.5) is 0 Å². The van der Waals surface area contributed by atoms with Gasteiger partial charge in [-0.25, -0.2) is 0 Å². The SMILES string of the molecule is CC(=O)CC(C(C)C)C(C)C.[AlH3]. The Balaban J connectivity index is 0. The quantitative estimate of drug-likeness (QED) is 0.611. The lowest BCUT2D eigenvalue weighted by atomic mass is 9.82. The van der Waals surface area contributed by atoms with Gasteiger partial charge in [0, 0.05) is 6.42 Å². The topological polar surface area (TPSA) is 17.1 Å². The Bertz CT molecular complexity index is 122. The van der Waals surface area contributed by atoms with Gasteiger partial charge in [0.15, 0.2) is 17.4 Å². The molecule has 0 N–H and O–H groups in total. The van der Waals surface area contributed by atoms with Gasteiger partial charge >= 0.3 is 0 Å². The van der Waals surface area contributed by atoms with E-state index in [4.69, 9.17) is 0 Å². The van der Waals surface area contributed by atoms with Crippen LogP contribution >= 0.6 is 0 Å². The van der Waals surface area contributed by atoms with E-state index in [1.807, 2.05) is 0 Å². The van der Waals surface area contributed by atoms with E-state index >= 15 is 0 Å². The molecule has 0 aromatic heterocycles. The van der Waals surface area contributed by atoms with Crippen molar-refractivity contribution in [1.29, 1.82) is 0 Å². The average molecular weight is 186 g/mol. The second-order valence-electron chi connectivity index (χ2n) is 4.06. The van der Waals surface area contributed by atoms with E-state index in [0.29, 0.717) is 23.5 Å². The molecule has 1 nitrogen and oxygen atoms in total. The lowest BCUT2D eigenvalue weighted by molar-refractivity contribution is -0.118. The fraction of sp³-hybridized carbons (Fsp3) is 0.900. The number of carbonyl (C=O) groups is 1. The van der Waals surface area contributed by atoms with Gasteiger partial charge < -0.3 is 4.79 Å². The Morgan fingerprint density at radius 1 is 1.08 bits per heavy atom. The van der Waals surface area contributed by atoms with Gasteiger partial charge in [-0.3, -0.25) is 0 Å². The average Bonchev–Trinajstić information content (AvgIpc) is 1.81. The van der Waals surface area contributed by atoms with Gasteiger partial charge in [-0.15, -0.1) is 0 Å². The van der Waals surface area contributed by atoms with Crippen LogP contribution in [-0.2, 0) is 4.79 Å². The summed E-state index contributed by atoms with van der Waals surface area (Å²) in [6.45, 7) is 10.4. The molecular weight excluding hydrogens is 163 g/mol. The van der Waals surface area contributed by atoms with Crippen LogP contribution in [0.15, 0.2) is 0 Å². The number of hydrogen-bond donors (Lipinski definition) is 0. The number of carbonyl (C=O) groups excluding carboxylic acids is 1. The Morgan fingerprint density at radius 2 is 1.42 bits per heavy atom. The van der Waals surface area contributed by atoms with Gasteiger partial charge in [0.05, 0.1) is 0 Å². The van der Waals surface area contributed by atoms with Crippen molar-refractivity contribution >= 4 is 23.1 Å². The Morgan fingerprint density at radius 3 is 1.50 bits per heavy atom. The Kier molecular flexibility index (Phi) is 8.20. The van der Waals surface area contributed by atoms with E-state index in [1.165, 1.54) is 0 Å². The predicted octanol–water partition coefficient (Wildman–Crippen LogP) is 1.71. The van der Waals surface area contributed by atoms with Gasteiger partial charge in [-0.05, 0) is 24.7 Å². The molecular formula is C10H23AlO. The minimum atomic E-state index is 0. The summed E-state index contributed by atoms with van der Waals surface area (Å²) in [5, 5.41) is 0. The first-order valence-electron chi connectivity index (χ1n) is 4.44. The van der Waals surface area contributed by atoms with Gasteiger partial charge in [0.2, 0.25) is 0 Å². The summed E-state index contributed by atoms with van der Waals surface area (Å²) >= 11 is 0. The van der Waals surface area contributed by atoms with Gasteiger partial charge in [-0.2, -0.15) is 0 Å². The van der Waals surface area contributed by atoms with Crippen molar-refractivity contribution < 1.29 is 4.79 Å². The third-order valence-corrected chi connectivity index (χ3v) is 2.24. The second-order valence-corrected chi connectivity index (χ2v) is 4.06. The molecule has 0 rings (SSSR count). The molecule has 0 radical (unpaired) electrons. The molecule has 0 fully saturated rings. The van der Waals surface area contributed by atoms with Crippen molar-refractivity contribution in [2.45, 2.75) is 41.0 Å². The fourth-order valence-electron chi connectivity index (χ4n) is 1.57. The van der Waals surface area contributed by atoms with Crippen molar-refractivity contribution in [3.63, 3.8) is 0 Å². The van der Waals surface area contributed by atoms with Crippen LogP contribution in [0.3, 0.4) is 0 Å². The maximum atomic E-state index is 10.9. The first-order valence-corrected chi connectivity index (χ1v) is 4.44. The molecule has 2 heteroatoms. The normalized spacial score (nSPS) is 10.7. The number of rotatable bonds is 4. The summed E-state index contributed by atoms with van der Waals surface area (Å²) < 4.78 is 0. The van der Waals surface area contributed by atoms with E-state index in [1.54, 1.807) is 6.92 Å². The Labute approximate surface area is 87.1 Å². The molecule has 0 aliphatic heterocycles. The fourth-order valence-corrected chi connectivity index (χ4v) is 1.57. The lowest BCUT2D eigenvalue weighted by Gasteiger charge is -2.23. The summed E-state index contributed by atoms with van der Waals surface area (Å²) in [5.74, 6) is 2.13. The smallest absolute Gasteiger partial charge is 0.187 e. The van der Waals surface area contributed by atoms with Gasteiger partial charge in [-0.1, -0.05) is 27.7 Å². The first kappa shape index (κ1) is 14.7. The molecule has 0 aliphatic carbocycles. The van der Waals surface area contributed by atoms with Crippen LogP contribution in [0.25, 0.3) is 0 Å². The molecule has 0 saturated heterocycles. The monoisotopic (exact) mass is 186 g/mol. The van der Waals surface area contributed by atoms with Crippen LogP contribution in [0, 0.1) is 17.8 Å². The zero-order valence-corrected chi connectivity index (χ0v) is 8.35. The van der Waals surface area contributed by atoms with Crippen LogP contribution in [-0.4, -0.2) is 23.1 Å². The molecule has 0 amide bonds. The molecule has 0 unspecified atom stereocenters. The summed E-state index contributed by atoms with van der Waals surface area (Å²) in [7, 11) is 0. The highest BCUT2D eigenvalue weighted by molar-refractivity contribution is 5.76. The predicted molar refractivity (Wildman–Crippen MR) is 58.4 cm³/mol. The van der Waals surface area contributed by atoms with E-state index in [9.17, 15) is 4.79 Å². The van der Waals surface area contributed by atoms with Crippen molar-refractivity contribution in [3.05, 3.63) is 0 Å². The summed E-state index contributed by atoms with van der Waals surface area (Å²) in [5.41, 5.74) is 0. The minimum Gasteiger partial charge on any atom is -0.300 e. The molecule has 0 bridgehead atoms. The molecule has 0 atom stereocenters. The van der Waals surface area contributed by atoms with E-state index in [2.05, 4.69) is 27.7 Å². The maximum absolute atomic E-state index is 10.9. The highest BCUT2D eigenvalue weighted by Crippen LogP contribution is 2.23. The molecule has 0 saturated carbocycles. The van der Waals surface area contributed by atoms with Crippen LogP contribution in [0.5, 0.6) is 0 Å². The maximum Gasteiger partial charge on any atom is 0.187 e. The lowest BCUT2D eigenvalue weighted by Crippen LogP contribution is -2.18. The highest BCUT2D eigenvalue weighted by Gasteiger charge is 2.18. The highest BCUT2D eigenvalue weighted by atomic mass is 27.0. The molecule has 0 heterocycles. The minimum absolute atomic E-state index is 0. The number of Topliss-reactive ketones (excluding diaryl/α,β-unsaturated/α-hetero) is 1. The number of ketones is 1. The first-order chi connectivity index (χ1) is 4.95. The third-order valence-electron chi connectivity index (χ3n) is 2.24.